The monoisotopic (exact) mass is 263 g/mol. The Bertz CT molecular complexity index is 677. The SMILES string of the molecule is Cc1cc(-n2cc(O)c(C(=O)O)n2)ccc1[N+](=O)[O-]. The Kier molecular flexibility index (Phi) is 2.91. The molecule has 0 amide bonds. The second kappa shape index (κ2) is 4.41. The Balaban J connectivity index is 2.48. The number of aromatic carboxylic acids is 1. The first kappa shape index (κ1) is 12.6. The van der Waals surface area contributed by atoms with Gasteiger partial charge >= 0.3 is 5.97 Å². The van der Waals surface area contributed by atoms with Crippen LogP contribution in [0.15, 0.2) is 24.4 Å². The van der Waals surface area contributed by atoms with Crippen LogP contribution >= 0.6 is 0 Å². The first-order valence-corrected chi connectivity index (χ1v) is 5.17. The number of aromatic hydroxyl groups is 1. The average molecular weight is 263 g/mol. The van der Waals surface area contributed by atoms with E-state index < -0.39 is 22.3 Å². The van der Waals surface area contributed by atoms with Crippen molar-refractivity contribution in [2.45, 2.75) is 6.92 Å². The lowest BCUT2D eigenvalue weighted by Gasteiger charge is -2.02. The van der Waals surface area contributed by atoms with Gasteiger partial charge in [0.25, 0.3) is 5.69 Å². The van der Waals surface area contributed by atoms with E-state index in [2.05, 4.69) is 5.10 Å². The van der Waals surface area contributed by atoms with Crippen LogP contribution in [0.1, 0.15) is 16.1 Å². The highest BCUT2D eigenvalue weighted by molar-refractivity contribution is 5.88. The van der Waals surface area contributed by atoms with E-state index in [-0.39, 0.29) is 5.69 Å². The summed E-state index contributed by atoms with van der Waals surface area (Å²) in [4.78, 5) is 20.9. The number of carboxylic acids is 1. The van der Waals surface area contributed by atoms with Crippen molar-refractivity contribution in [3.8, 4) is 11.4 Å². The number of carbonyl (C=O) groups is 1. The summed E-state index contributed by atoms with van der Waals surface area (Å²) in [5, 5.41) is 32.6. The van der Waals surface area contributed by atoms with E-state index in [4.69, 9.17) is 5.11 Å². The number of aryl methyl sites for hydroxylation is 1. The van der Waals surface area contributed by atoms with Gasteiger partial charge in [-0.1, -0.05) is 0 Å². The van der Waals surface area contributed by atoms with Crippen LogP contribution in [0.25, 0.3) is 5.69 Å². The van der Waals surface area contributed by atoms with Crippen LogP contribution in [0.5, 0.6) is 5.75 Å². The lowest BCUT2D eigenvalue weighted by molar-refractivity contribution is -0.385. The van der Waals surface area contributed by atoms with Crippen molar-refractivity contribution in [2.24, 2.45) is 0 Å². The van der Waals surface area contributed by atoms with Gasteiger partial charge in [0.1, 0.15) is 0 Å². The Morgan fingerprint density at radius 2 is 2.16 bits per heavy atom. The minimum atomic E-state index is -1.35. The fourth-order valence-electron chi connectivity index (χ4n) is 1.64. The summed E-state index contributed by atoms with van der Waals surface area (Å²) in [5.74, 6) is -1.82. The molecule has 0 radical (unpaired) electrons. The van der Waals surface area contributed by atoms with E-state index in [0.29, 0.717) is 11.3 Å². The lowest BCUT2D eigenvalue weighted by Crippen LogP contribution is -2.02. The predicted molar refractivity (Wildman–Crippen MR) is 63.6 cm³/mol. The van der Waals surface area contributed by atoms with Gasteiger partial charge in [0.15, 0.2) is 5.75 Å². The Morgan fingerprint density at radius 1 is 1.47 bits per heavy atom. The summed E-state index contributed by atoms with van der Waals surface area (Å²) in [6.45, 7) is 1.56. The second-order valence-corrected chi connectivity index (χ2v) is 3.84. The smallest absolute Gasteiger partial charge is 0.360 e. The van der Waals surface area contributed by atoms with E-state index in [1.165, 1.54) is 18.2 Å². The van der Waals surface area contributed by atoms with E-state index in [0.717, 1.165) is 10.9 Å². The van der Waals surface area contributed by atoms with Crippen molar-refractivity contribution in [2.75, 3.05) is 0 Å². The van der Waals surface area contributed by atoms with Crippen LogP contribution < -0.4 is 0 Å². The molecule has 0 saturated carbocycles. The van der Waals surface area contributed by atoms with Crippen molar-refractivity contribution in [1.82, 2.24) is 9.78 Å². The van der Waals surface area contributed by atoms with Crippen LogP contribution in [0.2, 0.25) is 0 Å². The Hall–Kier alpha value is -2.90. The summed E-state index contributed by atoms with van der Waals surface area (Å²) in [5.41, 5.74) is 0.315. The van der Waals surface area contributed by atoms with Gasteiger partial charge in [-0.2, -0.15) is 5.10 Å². The molecule has 0 bridgehead atoms. The molecule has 1 heterocycles. The number of nitro groups is 1. The zero-order valence-corrected chi connectivity index (χ0v) is 9.77. The van der Waals surface area contributed by atoms with Crippen LogP contribution in [0, 0.1) is 17.0 Å². The molecule has 98 valence electrons. The fourth-order valence-corrected chi connectivity index (χ4v) is 1.64. The molecule has 2 N–H and O–H groups in total. The van der Waals surface area contributed by atoms with E-state index in [1.807, 2.05) is 0 Å². The van der Waals surface area contributed by atoms with Gasteiger partial charge in [0.2, 0.25) is 5.69 Å². The molecule has 0 unspecified atom stereocenters. The topological polar surface area (TPSA) is 118 Å². The van der Waals surface area contributed by atoms with Gasteiger partial charge in [-0.25, -0.2) is 9.48 Å². The number of hydrogen-bond acceptors (Lipinski definition) is 5. The molecular formula is C11H9N3O5. The lowest BCUT2D eigenvalue weighted by atomic mass is 10.2. The maximum absolute atomic E-state index is 10.8. The summed E-state index contributed by atoms with van der Waals surface area (Å²) in [6.07, 6.45) is 1.13. The van der Waals surface area contributed by atoms with Crippen molar-refractivity contribution in [3.05, 3.63) is 45.8 Å². The van der Waals surface area contributed by atoms with E-state index in [1.54, 1.807) is 6.92 Å². The molecule has 8 nitrogen and oxygen atoms in total. The van der Waals surface area contributed by atoms with Crippen LogP contribution in [0.4, 0.5) is 5.69 Å². The van der Waals surface area contributed by atoms with Gasteiger partial charge in [-0.15, -0.1) is 0 Å². The van der Waals surface area contributed by atoms with E-state index in [9.17, 15) is 20.0 Å². The molecule has 0 fully saturated rings. The molecule has 0 aliphatic heterocycles. The molecule has 0 saturated heterocycles. The highest BCUT2D eigenvalue weighted by Gasteiger charge is 2.17. The average Bonchev–Trinajstić information content (AvgIpc) is 2.70. The van der Waals surface area contributed by atoms with Gasteiger partial charge in [0, 0.05) is 11.6 Å². The quantitative estimate of drug-likeness (QED) is 0.639. The van der Waals surface area contributed by atoms with Crippen molar-refractivity contribution >= 4 is 11.7 Å². The third-order valence-corrected chi connectivity index (χ3v) is 2.54. The largest absolute Gasteiger partial charge is 0.504 e. The van der Waals surface area contributed by atoms with Crippen molar-refractivity contribution in [1.29, 1.82) is 0 Å². The van der Waals surface area contributed by atoms with Crippen LogP contribution in [-0.4, -0.2) is 30.9 Å². The molecule has 0 atom stereocenters. The molecule has 0 aliphatic carbocycles. The molecule has 2 aromatic rings. The summed E-state index contributed by atoms with van der Waals surface area (Å²) >= 11 is 0. The minimum absolute atomic E-state index is 0.0430. The molecule has 1 aromatic carbocycles. The van der Waals surface area contributed by atoms with Crippen LogP contribution in [0.3, 0.4) is 0 Å². The highest BCUT2D eigenvalue weighted by Crippen LogP contribution is 2.23. The zero-order chi connectivity index (χ0) is 14.2. The number of benzene rings is 1. The Labute approximate surface area is 106 Å². The first-order valence-electron chi connectivity index (χ1n) is 5.17. The van der Waals surface area contributed by atoms with Crippen molar-refractivity contribution in [3.63, 3.8) is 0 Å². The third kappa shape index (κ3) is 2.23. The highest BCUT2D eigenvalue weighted by atomic mass is 16.6. The standard InChI is InChI=1S/C11H9N3O5/c1-6-4-7(2-3-8(6)14(18)19)13-5-9(15)10(12-13)11(16)17/h2-5,15H,1H3,(H,16,17). The maximum atomic E-state index is 10.8. The normalized spacial score (nSPS) is 10.4. The molecule has 0 aliphatic rings. The first-order chi connectivity index (χ1) is 8.90. The van der Waals surface area contributed by atoms with Gasteiger partial charge in [0.05, 0.1) is 16.8 Å². The van der Waals surface area contributed by atoms with Gasteiger partial charge < -0.3 is 10.2 Å². The fraction of sp³-hybridized carbons (Fsp3) is 0.0909. The van der Waals surface area contributed by atoms with Gasteiger partial charge in [-0.05, 0) is 19.1 Å². The number of carboxylic acid groups (broad SMARTS) is 1. The number of hydrogen-bond donors (Lipinski definition) is 2. The number of nitrogens with zero attached hydrogens (tertiary/aromatic N) is 3. The Morgan fingerprint density at radius 3 is 2.63 bits per heavy atom. The second-order valence-electron chi connectivity index (χ2n) is 3.84. The maximum Gasteiger partial charge on any atom is 0.360 e. The predicted octanol–water partition coefficient (Wildman–Crippen LogP) is 1.49. The molecule has 0 spiro atoms. The van der Waals surface area contributed by atoms with Crippen LogP contribution in [-0.2, 0) is 0 Å². The molecular weight excluding hydrogens is 254 g/mol. The van der Waals surface area contributed by atoms with Crippen molar-refractivity contribution < 1.29 is 19.9 Å². The molecule has 8 heteroatoms. The minimum Gasteiger partial charge on any atom is -0.504 e. The molecule has 2 rings (SSSR count). The molecule has 1 aromatic heterocycles. The third-order valence-electron chi connectivity index (χ3n) is 2.54. The summed E-state index contributed by atoms with van der Waals surface area (Å²) < 4.78 is 1.15. The summed E-state index contributed by atoms with van der Waals surface area (Å²) in [7, 11) is 0. The number of aromatic nitrogens is 2. The van der Waals surface area contributed by atoms with Gasteiger partial charge in [-0.3, -0.25) is 10.1 Å². The number of nitro benzene ring substituents is 1. The zero-order valence-electron chi connectivity index (χ0n) is 9.77. The number of rotatable bonds is 3. The molecule has 19 heavy (non-hydrogen) atoms. The summed E-state index contributed by atoms with van der Waals surface area (Å²) in [6, 6.07) is 4.20. The van der Waals surface area contributed by atoms with E-state index >= 15 is 0 Å².